The van der Waals surface area contributed by atoms with Gasteiger partial charge < -0.3 is 9.84 Å². The van der Waals surface area contributed by atoms with Crippen LogP contribution in [0.1, 0.15) is 32.1 Å². The Morgan fingerprint density at radius 2 is 2.25 bits per heavy atom. The van der Waals surface area contributed by atoms with Gasteiger partial charge in [-0.15, -0.1) is 0 Å². The van der Waals surface area contributed by atoms with Crippen LogP contribution in [0.25, 0.3) is 0 Å². The normalized spacial score (nSPS) is 35.9. The summed E-state index contributed by atoms with van der Waals surface area (Å²) in [6, 6.07) is 0. The van der Waals surface area contributed by atoms with Gasteiger partial charge in [0.2, 0.25) is 0 Å². The van der Waals surface area contributed by atoms with Crippen molar-refractivity contribution in [3.8, 4) is 0 Å². The first-order valence-electron chi connectivity index (χ1n) is 4.86. The Bertz CT molecular complexity index is 186. The minimum Gasteiger partial charge on any atom is -0.501 e. The van der Waals surface area contributed by atoms with E-state index in [1.165, 1.54) is 12.0 Å². The second-order valence-electron chi connectivity index (χ2n) is 3.77. The first-order valence-corrected chi connectivity index (χ1v) is 4.86. The van der Waals surface area contributed by atoms with Crippen molar-refractivity contribution in [2.45, 2.75) is 38.2 Å². The molecule has 0 bridgehead atoms. The van der Waals surface area contributed by atoms with E-state index in [1.54, 1.807) is 0 Å². The van der Waals surface area contributed by atoms with Gasteiger partial charge in [0.25, 0.3) is 0 Å². The summed E-state index contributed by atoms with van der Waals surface area (Å²) in [5, 5.41) is 9.64. The van der Waals surface area contributed by atoms with Crippen molar-refractivity contribution in [3.63, 3.8) is 0 Å². The van der Waals surface area contributed by atoms with Gasteiger partial charge in [0.15, 0.2) is 0 Å². The van der Waals surface area contributed by atoms with Crippen molar-refractivity contribution in [1.82, 2.24) is 0 Å². The highest BCUT2D eigenvalue weighted by Gasteiger charge is 2.29. The number of hydrogen-bond donors (Lipinski definition) is 1. The van der Waals surface area contributed by atoms with Crippen LogP contribution >= 0.6 is 0 Å². The van der Waals surface area contributed by atoms with Crippen molar-refractivity contribution in [1.29, 1.82) is 0 Å². The molecule has 0 spiro atoms. The van der Waals surface area contributed by atoms with E-state index < -0.39 is 0 Å². The molecule has 2 atom stereocenters. The largest absolute Gasteiger partial charge is 0.501 e. The summed E-state index contributed by atoms with van der Waals surface area (Å²) in [6.07, 6.45) is 7.32. The maximum atomic E-state index is 9.64. The molecule has 1 N–H and O–H groups in total. The van der Waals surface area contributed by atoms with E-state index in [4.69, 9.17) is 4.74 Å². The molecule has 0 aromatic heterocycles. The third-order valence-electron chi connectivity index (χ3n) is 2.92. The highest BCUT2D eigenvalue weighted by Crippen LogP contribution is 2.34. The summed E-state index contributed by atoms with van der Waals surface area (Å²) >= 11 is 0. The summed E-state index contributed by atoms with van der Waals surface area (Å²) < 4.78 is 5.27. The van der Waals surface area contributed by atoms with Gasteiger partial charge in [0.05, 0.1) is 19.0 Å². The fraction of sp³-hybridized carbons (Fsp3) is 0.800. The minimum absolute atomic E-state index is 0.0991. The molecule has 0 radical (unpaired) electrons. The zero-order chi connectivity index (χ0) is 8.39. The monoisotopic (exact) mass is 168 g/mol. The van der Waals surface area contributed by atoms with Crippen LogP contribution in [0.15, 0.2) is 11.8 Å². The highest BCUT2D eigenvalue weighted by molar-refractivity contribution is 5.09. The number of hydrogen-bond acceptors (Lipinski definition) is 2. The Kier molecular flexibility index (Phi) is 2.35. The molecule has 0 unspecified atom stereocenters. The summed E-state index contributed by atoms with van der Waals surface area (Å²) in [4.78, 5) is 0. The standard InChI is InChI=1S/C10H16O2/c11-10-5-1-4-9(10)8-3-2-6-12-7-8/h7,9-11H,1-6H2/t9-,10+/m0/s1. The van der Waals surface area contributed by atoms with Crippen molar-refractivity contribution in [3.05, 3.63) is 11.8 Å². The van der Waals surface area contributed by atoms with Crippen LogP contribution in [0.2, 0.25) is 0 Å². The molecule has 1 aliphatic heterocycles. The van der Waals surface area contributed by atoms with E-state index in [2.05, 4.69) is 0 Å². The Morgan fingerprint density at radius 1 is 1.33 bits per heavy atom. The van der Waals surface area contributed by atoms with E-state index in [1.807, 2.05) is 6.26 Å². The van der Waals surface area contributed by atoms with Gasteiger partial charge >= 0.3 is 0 Å². The predicted octanol–water partition coefficient (Wildman–Crippen LogP) is 1.84. The van der Waals surface area contributed by atoms with Crippen molar-refractivity contribution < 1.29 is 9.84 Å². The third-order valence-corrected chi connectivity index (χ3v) is 2.92. The van der Waals surface area contributed by atoms with Crippen LogP contribution in [-0.4, -0.2) is 17.8 Å². The Morgan fingerprint density at radius 3 is 2.83 bits per heavy atom. The van der Waals surface area contributed by atoms with Gasteiger partial charge in [-0.2, -0.15) is 0 Å². The quantitative estimate of drug-likeness (QED) is 0.647. The summed E-state index contributed by atoms with van der Waals surface area (Å²) in [5.74, 6) is 0.408. The summed E-state index contributed by atoms with van der Waals surface area (Å²) in [6.45, 7) is 0.853. The molecule has 2 rings (SSSR count). The molecule has 1 fully saturated rings. The maximum Gasteiger partial charge on any atom is 0.0876 e. The van der Waals surface area contributed by atoms with Gasteiger partial charge in [-0.25, -0.2) is 0 Å². The molecule has 1 saturated carbocycles. The number of rotatable bonds is 1. The Labute approximate surface area is 73.2 Å². The fourth-order valence-corrected chi connectivity index (χ4v) is 2.23. The minimum atomic E-state index is -0.0991. The first-order chi connectivity index (χ1) is 5.88. The molecule has 1 heterocycles. The third kappa shape index (κ3) is 1.48. The van der Waals surface area contributed by atoms with Crippen molar-refractivity contribution in [2.24, 2.45) is 5.92 Å². The fourth-order valence-electron chi connectivity index (χ4n) is 2.23. The maximum absolute atomic E-state index is 9.64. The molecule has 12 heavy (non-hydrogen) atoms. The average molecular weight is 168 g/mol. The molecule has 0 amide bonds. The molecular weight excluding hydrogens is 152 g/mol. The zero-order valence-electron chi connectivity index (χ0n) is 7.33. The van der Waals surface area contributed by atoms with Crippen LogP contribution in [0.4, 0.5) is 0 Å². The topological polar surface area (TPSA) is 29.5 Å². The smallest absolute Gasteiger partial charge is 0.0876 e. The molecular formula is C10H16O2. The van der Waals surface area contributed by atoms with Crippen molar-refractivity contribution in [2.75, 3.05) is 6.61 Å². The Balaban J connectivity index is 2.02. The molecule has 0 aromatic rings. The van der Waals surface area contributed by atoms with Crippen molar-refractivity contribution >= 4 is 0 Å². The van der Waals surface area contributed by atoms with Crippen LogP contribution in [0, 0.1) is 5.92 Å². The highest BCUT2D eigenvalue weighted by atomic mass is 16.5. The number of aliphatic hydroxyl groups is 1. The van der Waals surface area contributed by atoms with Gasteiger partial charge in [0, 0.05) is 5.92 Å². The molecule has 2 aliphatic rings. The van der Waals surface area contributed by atoms with Gasteiger partial charge in [-0.05, 0) is 31.3 Å². The second kappa shape index (κ2) is 3.48. The predicted molar refractivity (Wildman–Crippen MR) is 46.6 cm³/mol. The van der Waals surface area contributed by atoms with Crippen LogP contribution in [0.3, 0.4) is 0 Å². The lowest BCUT2D eigenvalue weighted by Gasteiger charge is -2.21. The van der Waals surface area contributed by atoms with Crippen LogP contribution < -0.4 is 0 Å². The second-order valence-corrected chi connectivity index (χ2v) is 3.77. The average Bonchev–Trinajstić information content (AvgIpc) is 2.53. The zero-order valence-corrected chi connectivity index (χ0v) is 7.33. The van der Waals surface area contributed by atoms with Crippen LogP contribution in [-0.2, 0) is 4.74 Å². The molecule has 2 heteroatoms. The number of aliphatic hydroxyl groups excluding tert-OH is 1. The molecule has 1 aliphatic carbocycles. The van der Waals surface area contributed by atoms with E-state index in [0.29, 0.717) is 5.92 Å². The van der Waals surface area contributed by atoms with Gasteiger partial charge in [0.1, 0.15) is 0 Å². The van der Waals surface area contributed by atoms with E-state index in [0.717, 1.165) is 32.3 Å². The molecule has 2 nitrogen and oxygen atoms in total. The molecule has 0 aromatic carbocycles. The SMILES string of the molecule is O[C@@H]1CCC[C@H]1C1=COCCC1. The van der Waals surface area contributed by atoms with E-state index >= 15 is 0 Å². The van der Waals surface area contributed by atoms with Crippen LogP contribution in [0.5, 0.6) is 0 Å². The summed E-state index contributed by atoms with van der Waals surface area (Å²) in [7, 11) is 0. The number of ether oxygens (including phenoxy) is 1. The summed E-state index contributed by atoms with van der Waals surface area (Å²) in [5.41, 5.74) is 1.34. The van der Waals surface area contributed by atoms with E-state index in [-0.39, 0.29) is 6.10 Å². The first kappa shape index (κ1) is 8.11. The molecule has 68 valence electrons. The lowest BCUT2D eigenvalue weighted by atomic mass is 9.92. The van der Waals surface area contributed by atoms with Gasteiger partial charge in [-0.1, -0.05) is 6.42 Å². The molecule has 0 saturated heterocycles. The lowest BCUT2D eigenvalue weighted by Crippen LogP contribution is -2.17. The van der Waals surface area contributed by atoms with Gasteiger partial charge in [-0.3, -0.25) is 0 Å². The Hall–Kier alpha value is -0.500. The van der Waals surface area contributed by atoms with E-state index in [9.17, 15) is 5.11 Å². The lowest BCUT2D eigenvalue weighted by molar-refractivity contribution is 0.136.